The van der Waals surface area contributed by atoms with Gasteiger partial charge in [-0.25, -0.2) is 0 Å². The third-order valence-corrected chi connectivity index (χ3v) is 3.69. The summed E-state index contributed by atoms with van der Waals surface area (Å²) in [6, 6.07) is 9.05. The molecule has 0 unspecified atom stereocenters. The Morgan fingerprint density at radius 3 is 2.62 bits per heavy atom. The summed E-state index contributed by atoms with van der Waals surface area (Å²) in [5.74, 6) is 0.412. The largest absolute Gasteiger partial charge is 0.416 e. The second kappa shape index (κ2) is 5.28. The maximum absolute atomic E-state index is 12.9. The van der Waals surface area contributed by atoms with E-state index in [1.165, 1.54) is 28.3 Å². The summed E-state index contributed by atoms with van der Waals surface area (Å²) in [4.78, 5) is 1.99. The molecule has 2 aromatic heterocycles. The van der Waals surface area contributed by atoms with Gasteiger partial charge in [-0.05, 0) is 28.3 Å². The molecule has 1 aromatic carbocycles. The summed E-state index contributed by atoms with van der Waals surface area (Å²) < 4.78 is 38.7. The summed E-state index contributed by atoms with van der Waals surface area (Å²) >= 11 is 1.44. The van der Waals surface area contributed by atoms with Crippen LogP contribution in [-0.4, -0.2) is 20.2 Å². The molecule has 0 fully saturated rings. The zero-order chi connectivity index (χ0) is 14.9. The van der Waals surface area contributed by atoms with E-state index in [4.69, 9.17) is 0 Å². The molecule has 3 aromatic rings. The standard InChI is InChI=1S/C13H9F3N4S/c14-13(15,16)10-5-2-1-4-9(10)8-20-18-12(17-19-20)11-6-3-7-21-11/h1-7H,8H2. The molecule has 0 saturated carbocycles. The van der Waals surface area contributed by atoms with Crippen LogP contribution in [0.1, 0.15) is 11.1 Å². The first-order chi connectivity index (χ1) is 10.0. The minimum atomic E-state index is -4.40. The first-order valence-corrected chi connectivity index (χ1v) is 6.89. The summed E-state index contributed by atoms with van der Waals surface area (Å²) in [5.41, 5.74) is -0.569. The topological polar surface area (TPSA) is 43.6 Å². The van der Waals surface area contributed by atoms with E-state index in [0.29, 0.717) is 5.82 Å². The molecule has 0 bridgehead atoms. The highest BCUT2D eigenvalue weighted by atomic mass is 32.1. The highest BCUT2D eigenvalue weighted by molar-refractivity contribution is 7.13. The molecule has 2 heterocycles. The second-order valence-corrected chi connectivity index (χ2v) is 5.22. The Bertz CT molecular complexity index is 734. The highest BCUT2D eigenvalue weighted by Crippen LogP contribution is 2.32. The fourth-order valence-electron chi connectivity index (χ4n) is 1.90. The summed E-state index contributed by atoms with van der Waals surface area (Å²) in [5, 5.41) is 13.6. The van der Waals surface area contributed by atoms with E-state index in [2.05, 4.69) is 15.4 Å². The zero-order valence-corrected chi connectivity index (χ0v) is 11.4. The van der Waals surface area contributed by atoms with E-state index in [-0.39, 0.29) is 12.1 Å². The Hall–Kier alpha value is -2.22. The van der Waals surface area contributed by atoms with Crippen molar-refractivity contribution in [2.45, 2.75) is 12.7 Å². The number of aromatic nitrogens is 4. The lowest BCUT2D eigenvalue weighted by molar-refractivity contribution is -0.138. The second-order valence-electron chi connectivity index (χ2n) is 4.28. The first kappa shape index (κ1) is 13.7. The Kier molecular flexibility index (Phi) is 3.46. The van der Waals surface area contributed by atoms with Gasteiger partial charge in [-0.15, -0.1) is 21.5 Å². The molecule has 21 heavy (non-hydrogen) atoms. The van der Waals surface area contributed by atoms with Crippen LogP contribution in [0.15, 0.2) is 41.8 Å². The van der Waals surface area contributed by atoms with Crippen molar-refractivity contribution in [2.75, 3.05) is 0 Å². The van der Waals surface area contributed by atoms with Crippen molar-refractivity contribution in [2.24, 2.45) is 0 Å². The quantitative estimate of drug-likeness (QED) is 0.744. The fraction of sp³-hybridized carbons (Fsp3) is 0.154. The molecule has 108 valence electrons. The van der Waals surface area contributed by atoms with E-state index in [0.717, 1.165) is 10.9 Å². The fourth-order valence-corrected chi connectivity index (χ4v) is 2.55. The van der Waals surface area contributed by atoms with Crippen LogP contribution < -0.4 is 0 Å². The molecular weight excluding hydrogens is 301 g/mol. The van der Waals surface area contributed by atoms with Crippen molar-refractivity contribution in [1.82, 2.24) is 20.2 Å². The number of tetrazole rings is 1. The van der Waals surface area contributed by atoms with Crippen LogP contribution in [0.3, 0.4) is 0 Å². The molecule has 0 aliphatic heterocycles. The predicted octanol–water partition coefficient (Wildman–Crippen LogP) is 3.47. The lowest BCUT2D eigenvalue weighted by Gasteiger charge is -2.11. The molecule has 8 heteroatoms. The van der Waals surface area contributed by atoms with Gasteiger partial charge >= 0.3 is 6.18 Å². The van der Waals surface area contributed by atoms with Crippen LogP contribution in [-0.2, 0) is 12.7 Å². The van der Waals surface area contributed by atoms with Gasteiger partial charge in [0, 0.05) is 0 Å². The number of nitrogens with zero attached hydrogens (tertiary/aromatic N) is 4. The Balaban J connectivity index is 1.88. The number of rotatable bonds is 3. The van der Waals surface area contributed by atoms with Gasteiger partial charge < -0.3 is 0 Å². The molecule has 3 rings (SSSR count). The van der Waals surface area contributed by atoms with Crippen LogP contribution in [0.4, 0.5) is 13.2 Å². The lowest BCUT2D eigenvalue weighted by atomic mass is 10.1. The van der Waals surface area contributed by atoms with Gasteiger partial charge in [0.2, 0.25) is 5.82 Å². The van der Waals surface area contributed by atoms with Gasteiger partial charge in [0.1, 0.15) is 0 Å². The molecule has 0 aliphatic carbocycles. The molecular formula is C13H9F3N4S. The normalized spacial score (nSPS) is 11.8. The monoisotopic (exact) mass is 310 g/mol. The summed E-state index contributed by atoms with van der Waals surface area (Å²) in [6.45, 7) is -0.0753. The molecule has 0 spiro atoms. The Morgan fingerprint density at radius 2 is 1.90 bits per heavy atom. The lowest BCUT2D eigenvalue weighted by Crippen LogP contribution is -2.13. The van der Waals surface area contributed by atoms with E-state index < -0.39 is 11.7 Å². The number of thiophene rings is 1. The van der Waals surface area contributed by atoms with Crippen molar-refractivity contribution >= 4 is 11.3 Å². The van der Waals surface area contributed by atoms with Crippen molar-refractivity contribution < 1.29 is 13.2 Å². The Morgan fingerprint density at radius 1 is 1.10 bits per heavy atom. The van der Waals surface area contributed by atoms with Crippen LogP contribution in [0.2, 0.25) is 0 Å². The highest BCUT2D eigenvalue weighted by Gasteiger charge is 2.33. The van der Waals surface area contributed by atoms with Crippen LogP contribution in [0.25, 0.3) is 10.7 Å². The Labute approximate surface area is 121 Å². The number of benzene rings is 1. The van der Waals surface area contributed by atoms with Crippen molar-refractivity contribution in [1.29, 1.82) is 0 Å². The van der Waals surface area contributed by atoms with Gasteiger partial charge in [0.25, 0.3) is 0 Å². The number of alkyl halides is 3. The average Bonchev–Trinajstić information content (AvgIpc) is 3.08. The van der Waals surface area contributed by atoms with Crippen molar-refractivity contribution in [3.8, 4) is 10.7 Å². The van der Waals surface area contributed by atoms with Crippen LogP contribution in [0.5, 0.6) is 0 Å². The summed E-state index contributed by atoms with van der Waals surface area (Å²) in [6.07, 6.45) is -4.40. The smallest absolute Gasteiger partial charge is 0.166 e. The first-order valence-electron chi connectivity index (χ1n) is 6.01. The van der Waals surface area contributed by atoms with Crippen LogP contribution >= 0.6 is 11.3 Å². The SMILES string of the molecule is FC(F)(F)c1ccccc1Cn1nnc(-c2cccs2)n1. The van der Waals surface area contributed by atoms with E-state index >= 15 is 0 Å². The molecule has 0 amide bonds. The molecule has 0 N–H and O–H groups in total. The maximum atomic E-state index is 12.9. The maximum Gasteiger partial charge on any atom is 0.416 e. The number of halogens is 3. The van der Waals surface area contributed by atoms with Crippen molar-refractivity contribution in [3.63, 3.8) is 0 Å². The van der Waals surface area contributed by atoms with Gasteiger partial charge in [0.05, 0.1) is 17.0 Å². The van der Waals surface area contributed by atoms with Crippen LogP contribution in [0, 0.1) is 0 Å². The van der Waals surface area contributed by atoms with E-state index in [1.807, 2.05) is 17.5 Å². The van der Waals surface area contributed by atoms with Gasteiger partial charge in [-0.2, -0.15) is 18.0 Å². The molecule has 4 nitrogen and oxygen atoms in total. The summed E-state index contributed by atoms with van der Waals surface area (Å²) in [7, 11) is 0. The minimum absolute atomic E-state index is 0.0753. The van der Waals surface area contributed by atoms with Crippen molar-refractivity contribution in [3.05, 3.63) is 52.9 Å². The molecule has 0 radical (unpaired) electrons. The molecule has 0 atom stereocenters. The van der Waals surface area contributed by atoms with Gasteiger partial charge in [-0.3, -0.25) is 0 Å². The zero-order valence-electron chi connectivity index (χ0n) is 10.6. The average molecular weight is 310 g/mol. The minimum Gasteiger partial charge on any atom is -0.166 e. The number of hydrogen-bond acceptors (Lipinski definition) is 4. The van der Waals surface area contributed by atoms with E-state index in [1.54, 1.807) is 6.07 Å². The molecule has 0 aliphatic rings. The molecule has 0 saturated heterocycles. The number of hydrogen-bond donors (Lipinski definition) is 0. The third-order valence-electron chi connectivity index (χ3n) is 2.83. The van der Waals surface area contributed by atoms with E-state index in [9.17, 15) is 13.2 Å². The third kappa shape index (κ3) is 2.94. The predicted molar refractivity (Wildman–Crippen MR) is 71.7 cm³/mol. The van der Waals surface area contributed by atoms with Gasteiger partial charge in [0.15, 0.2) is 0 Å². The van der Waals surface area contributed by atoms with Gasteiger partial charge in [-0.1, -0.05) is 24.3 Å².